The lowest BCUT2D eigenvalue weighted by molar-refractivity contribution is 1.20. The molecule has 2 aliphatic heterocycles. The van der Waals surface area contributed by atoms with E-state index >= 15 is 0 Å². The Balaban J connectivity index is 0.000000245. The van der Waals surface area contributed by atoms with Crippen LogP contribution in [0.15, 0.2) is 73.4 Å². The zero-order chi connectivity index (χ0) is 9.90. The number of hydrogen-bond donors (Lipinski definition) is 2. The lowest BCUT2D eigenvalue weighted by Gasteiger charge is -1.79. The zero-order valence-electron chi connectivity index (χ0n) is 8.34. The molecular formula is C12H15ClN2. The van der Waals surface area contributed by atoms with Crippen LogP contribution < -0.4 is 10.6 Å². The fraction of sp³-hybridized carbons (Fsp3) is 0. The highest BCUT2D eigenvalue weighted by atomic mass is 35.5. The molecule has 0 saturated heterocycles. The lowest BCUT2D eigenvalue weighted by Crippen LogP contribution is -1.87. The quantitative estimate of drug-likeness (QED) is 0.659. The van der Waals surface area contributed by atoms with E-state index < -0.39 is 0 Å². The van der Waals surface area contributed by atoms with E-state index in [1.165, 1.54) is 0 Å². The van der Waals surface area contributed by atoms with Crippen LogP contribution in [0.2, 0.25) is 0 Å². The summed E-state index contributed by atoms with van der Waals surface area (Å²) in [6, 6.07) is 0. The molecule has 0 radical (unpaired) electrons. The van der Waals surface area contributed by atoms with Gasteiger partial charge in [-0.15, -0.1) is 12.4 Å². The second kappa shape index (κ2) is 10.4. The van der Waals surface area contributed by atoms with Crippen molar-refractivity contribution in [1.82, 2.24) is 10.6 Å². The summed E-state index contributed by atoms with van der Waals surface area (Å²) in [5.41, 5.74) is 0. The molecule has 0 aromatic heterocycles. The summed E-state index contributed by atoms with van der Waals surface area (Å²) in [5.74, 6) is 0. The van der Waals surface area contributed by atoms with E-state index in [0.717, 1.165) is 0 Å². The highest BCUT2D eigenvalue weighted by molar-refractivity contribution is 5.85. The number of rotatable bonds is 0. The number of halogens is 1. The average molecular weight is 223 g/mol. The highest BCUT2D eigenvalue weighted by Gasteiger charge is 1.68. The monoisotopic (exact) mass is 222 g/mol. The summed E-state index contributed by atoms with van der Waals surface area (Å²) >= 11 is 0. The van der Waals surface area contributed by atoms with Gasteiger partial charge in [-0.1, -0.05) is 24.3 Å². The van der Waals surface area contributed by atoms with E-state index in [-0.39, 0.29) is 12.4 Å². The summed E-state index contributed by atoms with van der Waals surface area (Å²) in [4.78, 5) is 0. The minimum Gasteiger partial charge on any atom is -0.368 e. The predicted molar refractivity (Wildman–Crippen MR) is 68.4 cm³/mol. The molecule has 3 heteroatoms. The van der Waals surface area contributed by atoms with Crippen molar-refractivity contribution >= 4 is 12.4 Å². The SMILES string of the molecule is C1=CC=CNC=C1.C1=CC=CNC=C1.Cl. The van der Waals surface area contributed by atoms with Gasteiger partial charge in [-0.05, 0) is 24.3 Å². The van der Waals surface area contributed by atoms with Crippen molar-refractivity contribution in [3.8, 4) is 0 Å². The average Bonchev–Trinajstić information content (AvgIpc) is 2.68. The Hall–Kier alpha value is -1.67. The second-order valence-electron chi connectivity index (χ2n) is 2.54. The van der Waals surface area contributed by atoms with Gasteiger partial charge in [0.25, 0.3) is 0 Å². The van der Waals surface area contributed by atoms with Crippen LogP contribution in [0.25, 0.3) is 0 Å². The van der Waals surface area contributed by atoms with E-state index in [4.69, 9.17) is 0 Å². The Morgan fingerprint density at radius 2 is 0.667 bits per heavy atom. The smallest absolute Gasteiger partial charge is 0.000442 e. The van der Waals surface area contributed by atoms with Gasteiger partial charge in [-0.2, -0.15) is 0 Å². The Kier molecular flexibility index (Phi) is 9.25. The van der Waals surface area contributed by atoms with Crippen molar-refractivity contribution < 1.29 is 0 Å². The van der Waals surface area contributed by atoms with Gasteiger partial charge in [0.1, 0.15) is 0 Å². The van der Waals surface area contributed by atoms with Crippen LogP contribution in [-0.2, 0) is 0 Å². The maximum atomic E-state index is 2.92. The lowest BCUT2D eigenvalue weighted by atomic mass is 10.5. The first-order valence-corrected chi connectivity index (χ1v) is 4.49. The van der Waals surface area contributed by atoms with Crippen molar-refractivity contribution in [3.63, 3.8) is 0 Å². The van der Waals surface area contributed by atoms with E-state index in [9.17, 15) is 0 Å². The molecule has 0 saturated carbocycles. The van der Waals surface area contributed by atoms with Crippen LogP contribution in [0.1, 0.15) is 0 Å². The molecule has 0 fully saturated rings. The van der Waals surface area contributed by atoms with E-state index in [2.05, 4.69) is 10.6 Å². The normalized spacial score (nSPS) is 14.9. The fourth-order valence-electron chi connectivity index (χ4n) is 0.812. The first kappa shape index (κ1) is 13.3. The van der Waals surface area contributed by atoms with E-state index in [1.807, 2.05) is 73.4 Å². The molecule has 0 unspecified atom stereocenters. The summed E-state index contributed by atoms with van der Waals surface area (Å²) in [6.45, 7) is 0. The molecule has 80 valence electrons. The largest absolute Gasteiger partial charge is 0.368 e. The summed E-state index contributed by atoms with van der Waals surface area (Å²) in [5, 5.41) is 5.85. The number of nitrogens with one attached hydrogen (secondary N) is 2. The van der Waals surface area contributed by atoms with Gasteiger partial charge in [0.15, 0.2) is 0 Å². The summed E-state index contributed by atoms with van der Waals surface area (Å²) in [7, 11) is 0. The van der Waals surface area contributed by atoms with Gasteiger partial charge in [0.05, 0.1) is 0 Å². The molecule has 0 aliphatic carbocycles. The molecule has 0 aromatic carbocycles. The fourth-order valence-corrected chi connectivity index (χ4v) is 0.812. The maximum Gasteiger partial charge on any atom is 0.000442 e. The molecule has 0 spiro atoms. The van der Waals surface area contributed by atoms with Crippen LogP contribution in [0.4, 0.5) is 0 Å². The van der Waals surface area contributed by atoms with Crippen molar-refractivity contribution in [1.29, 1.82) is 0 Å². The van der Waals surface area contributed by atoms with Crippen molar-refractivity contribution in [2.45, 2.75) is 0 Å². The first-order valence-electron chi connectivity index (χ1n) is 4.49. The van der Waals surface area contributed by atoms with Gasteiger partial charge in [-0.3, -0.25) is 0 Å². The molecule has 2 nitrogen and oxygen atoms in total. The zero-order valence-corrected chi connectivity index (χ0v) is 9.15. The highest BCUT2D eigenvalue weighted by Crippen LogP contribution is 1.81. The van der Waals surface area contributed by atoms with Gasteiger partial charge in [0.2, 0.25) is 0 Å². The topological polar surface area (TPSA) is 24.1 Å². The van der Waals surface area contributed by atoms with Crippen LogP contribution in [0.3, 0.4) is 0 Å². The van der Waals surface area contributed by atoms with Gasteiger partial charge in [0, 0.05) is 24.8 Å². The minimum absolute atomic E-state index is 0. The Morgan fingerprint density at radius 3 is 0.933 bits per heavy atom. The maximum absolute atomic E-state index is 2.92. The molecule has 2 heterocycles. The third-order valence-electron chi connectivity index (χ3n) is 1.44. The molecule has 0 amide bonds. The van der Waals surface area contributed by atoms with Crippen LogP contribution >= 0.6 is 12.4 Å². The molecule has 15 heavy (non-hydrogen) atoms. The Labute approximate surface area is 96.9 Å². The van der Waals surface area contributed by atoms with Crippen molar-refractivity contribution in [2.75, 3.05) is 0 Å². The Morgan fingerprint density at radius 1 is 0.400 bits per heavy atom. The van der Waals surface area contributed by atoms with E-state index in [1.54, 1.807) is 0 Å². The molecule has 2 rings (SSSR count). The van der Waals surface area contributed by atoms with Crippen molar-refractivity contribution in [3.05, 3.63) is 73.4 Å². The second-order valence-corrected chi connectivity index (χ2v) is 2.54. The predicted octanol–water partition coefficient (Wildman–Crippen LogP) is 2.77. The minimum atomic E-state index is 0. The molecule has 0 bridgehead atoms. The first-order chi connectivity index (χ1) is 7.00. The molecular weight excluding hydrogens is 208 g/mol. The third kappa shape index (κ3) is 8.65. The molecule has 0 atom stereocenters. The molecule has 2 N–H and O–H groups in total. The number of allylic oxidation sites excluding steroid dienone is 8. The summed E-state index contributed by atoms with van der Waals surface area (Å²) in [6.07, 6.45) is 23.2. The third-order valence-corrected chi connectivity index (χ3v) is 1.44. The standard InChI is InChI=1S/2C6H7N.ClH/c2*1-2-4-6-7-5-3-1;/h2*1-7H;1H. The summed E-state index contributed by atoms with van der Waals surface area (Å²) < 4.78 is 0. The Bertz CT molecular complexity index is 250. The van der Waals surface area contributed by atoms with Gasteiger partial charge in [-0.25, -0.2) is 0 Å². The van der Waals surface area contributed by atoms with Gasteiger partial charge >= 0.3 is 0 Å². The van der Waals surface area contributed by atoms with Gasteiger partial charge < -0.3 is 10.6 Å². The van der Waals surface area contributed by atoms with Crippen LogP contribution in [-0.4, -0.2) is 0 Å². The van der Waals surface area contributed by atoms with Crippen LogP contribution in [0, 0.1) is 0 Å². The number of hydrogen-bond acceptors (Lipinski definition) is 2. The van der Waals surface area contributed by atoms with Crippen molar-refractivity contribution in [2.24, 2.45) is 0 Å². The molecule has 0 aromatic rings. The van der Waals surface area contributed by atoms with E-state index in [0.29, 0.717) is 0 Å². The molecule has 2 aliphatic rings. The van der Waals surface area contributed by atoms with Crippen LogP contribution in [0.5, 0.6) is 0 Å².